The summed E-state index contributed by atoms with van der Waals surface area (Å²) < 4.78 is 17.3. The zero-order valence-corrected chi connectivity index (χ0v) is 24.2. The first-order valence-corrected chi connectivity index (χ1v) is 13.7. The molecule has 0 aromatic heterocycles. The minimum absolute atomic E-state index is 0.0189. The molecule has 1 aliphatic heterocycles. The number of nitrogens with two attached hydrogens (primary N) is 1. The molecule has 11 heteroatoms. The molecule has 6 N–H and O–H groups in total. The lowest BCUT2D eigenvalue weighted by molar-refractivity contribution is -0.218. The number of ketones is 2. The number of methoxy groups -OCH3 is 1. The van der Waals surface area contributed by atoms with Gasteiger partial charge in [0.05, 0.1) is 48.7 Å². The number of aromatic hydroxyl groups is 2. The number of fused-ring (bicyclic) bond motifs is 3. The Bertz CT molecular complexity index is 1230. The van der Waals surface area contributed by atoms with Crippen LogP contribution < -0.4 is 10.5 Å². The fraction of sp³-hybridized carbons (Fsp3) is 0.500. The van der Waals surface area contributed by atoms with Crippen molar-refractivity contribution in [3.05, 3.63) is 51.6 Å². The summed E-state index contributed by atoms with van der Waals surface area (Å²) in [6.07, 6.45) is 0.932. The van der Waals surface area contributed by atoms with Gasteiger partial charge in [-0.1, -0.05) is 26.0 Å². The van der Waals surface area contributed by atoms with E-state index in [1.807, 2.05) is 20.8 Å². The maximum atomic E-state index is 13.5. The molecule has 3 aliphatic rings. The molecule has 0 saturated carbocycles. The molecule has 226 valence electrons. The minimum atomic E-state index is -0.853. The number of phenols is 2. The fourth-order valence-corrected chi connectivity index (χ4v) is 5.23. The first-order valence-electron chi connectivity index (χ1n) is 13.7. The zero-order chi connectivity index (χ0) is 30.9. The maximum Gasteiger partial charge on any atom is 0.202 e. The van der Waals surface area contributed by atoms with Crippen LogP contribution in [-0.4, -0.2) is 77.5 Å². The van der Waals surface area contributed by atoms with Crippen molar-refractivity contribution in [1.82, 2.24) is 0 Å². The molecule has 0 amide bonds. The Morgan fingerprint density at radius 2 is 1.68 bits per heavy atom. The van der Waals surface area contributed by atoms with E-state index in [1.165, 1.54) is 20.2 Å². The number of rotatable bonds is 4. The molecule has 1 heterocycles. The summed E-state index contributed by atoms with van der Waals surface area (Å²) in [6, 6.07) is 4.63. The number of aliphatic hydroxyl groups excluding tert-OH is 2. The van der Waals surface area contributed by atoms with E-state index in [9.17, 15) is 24.9 Å². The van der Waals surface area contributed by atoms with Gasteiger partial charge in [-0.25, -0.2) is 0 Å². The molecule has 2 aliphatic carbocycles. The highest BCUT2D eigenvalue weighted by molar-refractivity contribution is 6.31. The largest absolute Gasteiger partial charge is 0.507 e. The third-order valence-corrected chi connectivity index (χ3v) is 6.83. The number of hydrogen-bond donors (Lipinski definition) is 5. The predicted octanol–water partition coefficient (Wildman–Crippen LogP) is 2.94. The van der Waals surface area contributed by atoms with Gasteiger partial charge in [-0.2, -0.15) is 0 Å². The Kier molecular flexibility index (Phi) is 12.9. The SMILES string of the molecule is CC.CN.COc1cccc2c1C(=O)c1c(O)c3c(c(O)c1C2=O)CC(O)C[C@@H]3OC1CCC[C@H](C)O1.O=CCO. The van der Waals surface area contributed by atoms with Crippen molar-refractivity contribution in [2.24, 2.45) is 5.73 Å². The van der Waals surface area contributed by atoms with E-state index in [0.29, 0.717) is 12.7 Å². The Hall–Kier alpha value is -3.35. The molecule has 5 rings (SSSR count). The summed E-state index contributed by atoms with van der Waals surface area (Å²) in [7, 11) is 2.89. The number of aldehydes is 1. The number of ether oxygens (including phenoxy) is 3. The lowest BCUT2D eigenvalue weighted by atomic mass is 9.76. The summed E-state index contributed by atoms with van der Waals surface area (Å²) in [5.41, 5.74) is 4.55. The van der Waals surface area contributed by atoms with Crippen LogP contribution in [0, 0.1) is 0 Å². The van der Waals surface area contributed by atoms with E-state index in [1.54, 1.807) is 12.1 Å². The third kappa shape index (κ3) is 6.94. The van der Waals surface area contributed by atoms with Crippen LogP contribution in [0.25, 0.3) is 0 Å². The summed E-state index contributed by atoms with van der Waals surface area (Å²) in [5, 5.41) is 40.4. The first-order chi connectivity index (χ1) is 19.7. The monoisotopic (exact) mass is 575 g/mol. The van der Waals surface area contributed by atoms with Crippen LogP contribution in [0.5, 0.6) is 17.2 Å². The first kappa shape index (κ1) is 33.9. The van der Waals surface area contributed by atoms with Crippen LogP contribution in [0.3, 0.4) is 0 Å². The van der Waals surface area contributed by atoms with Crippen molar-refractivity contribution in [2.75, 3.05) is 20.8 Å². The summed E-state index contributed by atoms with van der Waals surface area (Å²) in [6.45, 7) is 5.59. The van der Waals surface area contributed by atoms with Crippen molar-refractivity contribution >= 4 is 17.9 Å². The van der Waals surface area contributed by atoms with Gasteiger partial charge in [0.25, 0.3) is 0 Å². The topological polar surface area (TPSA) is 186 Å². The van der Waals surface area contributed by atoms with Gasteiger partial charge in [0.2, 0.25) is 5.78 Å². The molecule has 0 spiro atoms. The molecular weight excluding hydrogens is 534 g/mol. The molecule has 4 atom stereocenters. The number of carbonyl (C=O) groups is 3. The molecule has 0 bridgehead atoms. The quantitative estimate of drug-likeness (QED) is 0.227. The highest BCUT2D eigenvalue weighted by Gasteiger charge is 2.43. The van der Waals surface area contributed by atoms with Crippen molar-refractivity contribution in [3.63, 3.8) is 0 Å². The number of hydrogen-bond acceptors (Lipinski definition) is 11. The van der Waals surface area contributed by atoms with E-state index in [4.69, 9.17) is 24.1 Å². The van der Waals surface area contributed by atoms with E-state index < -0.39 is 41.6 Å². The third-order valence-electron chi connectivity index (χ3n) is 6.83. The maximum absolute atomic E-state index is 13.5. The van der Waals surface area contributed by atoms with Crippen molar-refractivity contribution in [2.45, 2.75) is 77.5 Å². The van der Waals surface area contributed by atoms with Gasteiger partial charge in [-0.15, -0.1) is 0 Å². The van der Waals surface area contributed by atoms with Gasteiger partial charge >= 0.3 is 0 Å². The van der Waals surface area contributed by atoms with E-state index >= 15 is 0 Å². The lowest BCUT2D eigenvalue weighted by Crippen LogP contribution is -2.33. The highest BCUT2D eigenvalue weighted by atomic mass is 16.7. The standard InChI is InChI=1S/C25H26O8.C2H4O2.C2H6.CH5N/c1-11-5-3-8-17(32-11)33-16-10-12(26)9-14-19(16)25(30)21-20(23(14)28)22(27)13-6-4-7-15(31-2)18(13)24(21)29;3-1-2-4;2*1-2/h4,6-7,11-12,16-17,26,28,30H,3,5,8-10H2,1-2H3;1,4H,2H2;1-2H3;2H2,1H3/t11-,12?,16-,17?;;;/m0.../s1. The van der Waals surface area contributed by atoms with Crippen LogP contribution in [0.4, 0.5) is 0 Å². The van der Waals surface area contributed by atoms with Gasteiger partial charge in [0.1, 0.15) is 23.5 Å². The van der Waals surface area contributed by atoms with Crippen LogP contribution in [0.2, 0.25) is 0 Å². The van der Waals surface area contributed by atoms with Crippen LogP contribution >= 0.6 is 0 Å². The van der Waals surface area contributed by atoms with Gasteiger partial charge in [0, 0.05) is 29.5 Å². The summed E-state index contributed by atoms with van der Waals surface area (Å²) in [4.78, 5) is 35.7. The van der Waals surface area contributed by atoms with Gasteiger partial charge < -0.3 is 45.2 Å². The Balaban J connectivity index is 0.000000666. The predicted molar refractivity (Wildman–Crippen MR) is 151 cm³/mol. The second kappa shape index (κ2) is 15.6. The number of aliphatic hydroxyl groups is 2. The molecule has 1 saturated heterocycles. The number of phenolic OH excluding ortho intramolecular Hbond substituents is 2. The van der Waals surface area contributed by atoms with Crippen LogP contribution in [0.15, 0.2) is 18.2 Å². The molecular formula is C30H41NO10. The van der Waals surface area contributed by atoms with Crippen molar-refractivity contribution < 1.29 is 49.0 Å². The van der Waals surface area contributed by atoms with E-state index in [2.05, 4.69) is 5.73 Å². The average molecular weight is 576 g/mol. The Morgan fingerprint density at radius 3 is 2.27 bits per heavy atom. The molecule has 2 aromatic rings. The number of benzene rings is 2. The van der Waals surface area contributed by atoms with Crippen molar-refractivity contribution in [1.29, 1.82) is 0 Å². The van der Waals surface area contributed by atoms with Crippen LogP contribution in [0.1, 0.15) is 95.5 Å². The molecule has 41 heavy (non-hydrogen) atoms. The van der Waals surface area contributed by atoms with Crippen LogP contribution in [-0.2, 0) is 20.7 Å². The van der Waals surface area contributed by atoms with Gasteiger partial charge in [-0.3, -0.25) is 9.59 Å². The van der Waals surface area contributed by atoms with E-state index in [-0.39, 0.29) is 64.7 Å². The summed E-state index contributed by atoms with van der Waals surface area (Å²) in [5.74, 6) is -1.81. The van der Waals surface area contributed by atoms with Gasteiger partial charge in [0.15, 0.2) is 12.1 Å². The molecule has 2 unspecified atom stereocenters. The molecule has 11 nitrogen and oxygen atoms in total. The fourth-order valence-electron chi connectivity index (χ4n) is 5.23. The Morgan fingerprint density at radius 1 is 1.05 bits per heavy atom. The van der Waals surface area contributed by atoms with E-state index in [0.717, 1.165) is 12.8 Å². The highest BCUT2D eigenvalue weighted by Crippen LogP contribution is 2.50. The molecule has 2 aromatic carbocycles. The van der Waals surface area contributed by atoms with Crippen molar-refractivity contribution in [3.8, 4) is 17.2 Å². The normalized spacial score (nSPS) is 22.1. The number of carbonyl (C=O) groups excluding carboxylic acids is 3. The van der Waals surface area contributed by atoms with Gasteiger partial charge in [-0.05, 0) is 39.3 Å². The summed E-state index contributed by atoms with van der Waals surface area (Å²) >= 11 is 0. The molecule has 0 radical (unpaired) electrons. The smallest absolute Gasteiger partial charge is 0.202 e. The second-order valence-electron chi connectivity index (χ2n) is 9.26. The Labute approximate surface area is 239 Å². The second-order valence-corrected chi connectivity index (χ2v) is 9.26. The zero-order valence-electron chi connectivity index (χ0n) is 24.2. The average Bonchev–Trinajstić information content (AvgIpc) is 2.99. The molecule has 1 fully saturated rings. The lowest BCUT2D eigenvalue weighted by Gasteiger charge is -2.36. The minimum Gasteiger partial charge on any atom is -0.507 e.